The number of carbonyl (C=O) groups excluding carboxylic acids is 1. The zero-order chi connectivity index (χ0) is 22.6. The van der Waals surface area contributed by atoms with Gasteiger partial charge in [-0.3, -0.25) is 14.6 Å². The number of anilines is 1. The predicted molar refractivity (Wildman–Crippen MR) is 128 cm³/mol. The lowest BCUT2D eigenvalue weighted by Crippen LogP contribution is -2.48. The Balaban J connectivity index is 1.11. The highest BCUT2D eigenvalue weighted by Crippen LogP contribution is 2.18. The lowest BCUT2D eigenvalue weighted by molar-refractivity contribution is -0.117. The van der Waals surface area contributed by atoms with E-state index >= 15 is 0 Å². The monoisotopic (exact) mass is 463 g/mol. The van der Waals surface area contributed by atoms with Gasteiger partial charge in [-0.15, -0.1) is 0 Å². The summed E-state index contributed by atoms with van der Waals surface area (Å²) in [5.74, 6) is 0.634. The maximum Gasteiger partial charge on any atom is 0.239 e. The van der Waals surface area contributed by atoms with Crippen LogP contribution in [0.1, 0.15) is 11.3 Å². The van der Waals surface area contributed by atoms with E-state index in [0.717, 1.165) is 49.6 Å². The molecule has 9 heteroatoms. The van der Waals surface area contributed by atoms with Crippen LogP contribution in [0.4, 0.5) is 5.82 Å². The average Bonchev–Trinajstić information content (AvgIpc) is 3.42. The van der Waals surface area contributed by atoms with E-state index in [1.807, 2.05) is 59.1 Å². The molecule has 170 valence electrons. The second kappa shape index (κ2) is 9.74. The van der Waals surface area contributed by atoms with Gasteiger partial charge in [-0.25, -0.2) is 9.67 Å². The van der Waals surface area contributed by atoms with E-state index in [0.29, 0.717) is 23.9 Å². The highest BCUT2D eigenvalue weighted by molar-refractivity contribution is 6.31. The number of benzene rings is 1. The number of nitrogens with zero attached hydrogens (tertiary/aromatic N) is 6. The summed E-state index contributed by atoms with van der Waals surface area (Å²) in [6, 6.07) is 15.5. The summed E-state index contributed by atoms with van der Waals surface area (Å²) < 4.78 is 3.80. The molecular weight excluding hydrogens is 438 g/mol. The summed E-state index contributed by atoms with van der Waals surface area (Å²) in [4.78, 5) is 21.9. The third-order valence-electron chi connectivity index (χ3n) is 5.89. The summed E-state index contributed by atoms with van der Waals surface area (Å²) >= 11 is 6.27. The molecule has 0 bridgehead atoms. The van der Waals surface area contributed by atoms with Crippen LogP contribution in [0.2, 0.25) is 5.02 Å². The van der Waals surface area contributed by atoms with Crippen LogP contribution in [-0.2, 0) is 17.9 Å². The molecule has 1 fully saturated rings. The van der Waals surface area contributed by atoms with Crippen molar-refractivity contribution in [2.45, 2.75) is 13.1 Å². The number of nitrogens with one attached hydrogen (secondary N) is 1. The Morgan fingerprint density at radius 1 is 0.970 bits per heavy atom. The van der Waals surface area contributed by atoms with Crippen molar-refractivity contribution in [1.82, 2.24) is 29.0 Å². The Labute approximate surface area is 197 Å². The van der Waals surface area contributed by atoms with Crippen LogP contribution in [0.25, 0.3) is 5.65 Å². The molecule has 33 heavy (non-hydrogen) atoms. The second-order valence-electron chi connectivity index (χ2n) is 8.26. The Morgan fingerprint density at radius 3 is 2.58 bits per heavy atom. The molecule has 1 aromatic carbocycles. The van der Waals surface area contributed by atoms with Gasteiger partial charge in [0.25, 0.3) is 0 Å². The van der Waals surface area contributed by atoms with E-state index in [-0.39, 0.29) is 5.91 Å². The number of amides is 1. The summed E-state index contributed by atoms with van der Waals surface area (Å²) in [6.45, 7) is 5.20. The third-order valence-corrected chi connectivity index (χ3v) is 6.26. The zero-order valence-corrected chi connectivity index (χ0v) is 19.0. The minimum Gasteiger partial charge on any atom is -0.310 e. The molecule has 0 spiro atoms. The van der Waals surface area contributed by atoms with E-state index in [4.69, 9.17) is 11.6 Å². The highest BCUT2D eigenvalue weighted by Gasteiger charge is 2.20. The van der Waals surface area contributed by atoms with Gasteiger partial charge in [-0.05, 0) is 23.8 Å². The molecule has 1 aliphatic heterocycles. The standard InChI is InChI=1S/C24H26ClN7O/c25-21-6-2-1-5-19(21)15-32-23(8-9-26-32)28-24(33)18-30-13-11-29(12-14-30)16-20-17-31-10-4-3-7-22(31)27-20/h1-10,17H,11-16,18H2,(H,28,33). The highest BCUT2D eigenvalue weighted by atomic mass is 35.5. The fourth-order valence-corrected chi connectivity index (χ4v) is 4.33. The van der Waals surface area contributed by atoms with E-state index in [9.17, 15) is 4.79 Å². The van der Waals surface area contributed by atoms with E-state index < -0.39 is 0 Å². The predicted octanol–water partition coefficient (Wildman–Crippen LogP) is 2.99. The smallest absolute Gasteiger partial charge is 0.239 e. The molecule has 5 rings (SSSR count). The number of halogens is 1. The number of rotatable bonds is 7. The zero-order valence-electron chi connectivity index (χ0n) is 18.3. The molecule has 4 heterocycles. The summed E-state index contributed by atoms with van der Waals surface area (Å²) in [5, 5.41) is 8.01. The first-order chi connectivity index (χ1) is 16.1. The molecule has 0 saturated carbocycles. The number of hydrogen-bond acceptors (Lipinski definition) is 5. The van der Waals surface area contributed by atoms with Crippen molar-refractivity contribution < 1.29 is 4.79 Å². The van der Waals surface area contributed by atoms with Crippen molar-refractivity contribution in [3.63, 3.8) is 0 Å². The minimum atomic E-state index is -0.0373. The normalized spacial score (nSPS) is 15.2. The number of pyridine rings is 1. The number of fused-ring (bicyclic) bond motifs is 1. The van der Waals surface area contributed by atoms with Crippen molar-refractivity contribution in [3.05, 3.63) is 83.4 Å². The number of imidazole rings is 1. The lowest BCUT2D eigenvalue weighted by Gasteiger charge is -2.33. The average molecular weight is 464 g/mol. The van der Waals surface area contributed by atoms with Gasteiger partial charge in [-0.1, -0.05) is 35.9 Å². The molecule has 1 aliphatic rings. The second-order valence-corrected chi connectivity index (χ2v) is 8.67. The van der Waals surface area contributed by atoms with Crippen molar-refractivity contribution in [2.75, 3.05) is 38.0 Å². The first-order valence-corrected chi connectivity index (χ1v) is 11.4. The largest absolute Gasteiger partial charge is 0.310 e. The van der Waals surface area contributed by atoms with Crippen LogP contribution in [0.5, 0.6) is 0 Å². The summed E-state index contributed by atoms with van der Waals surface area (Å²) in [6.07, 6.45) is 5.79. The van der Waals surface area contributed by atoms with Crippen molar-refractivity contribution >= 4 is 29.0 Å². The maximum atomic E-state index is 12.7. The van der Waals surface area contributed by atoms with E-state index in [1.165, 1.54) is 0 Å². The maximum absolute atomic E-state index is 12.7. The van der Waals surface area contributed by atoms with Gasteiger partial charge in [0, 0.05) is 56.2 Å². The van der Waals surface area contributed by atoms with Crippen molar-refractivity contribution in [3.8, 4) is 0 Å². The summed E-state index contributed by atoms with van der Waals surface area (Å²) in [5.41, 5.74) is 3.00. The van der Waals surface area contributed by atoms with Crippen LogP contribution in [0, 0.1) is 0 Å². The van der Waals surface area contributed by atoms with Gasteiger partial charge >= 0.3 is 0 Å². The third kappa shape index (κ3) is 5.24. The summed E-state index contributed by atoms with van der Waals surface area (Å²) in [7, 11) is 0. The van der Waals surface area contributed by atoms with Crippen molar-refractivity contribution in [2.24, 2.45) is 0 Å². The first kappa shape index (κ1) is 21.6. The Kier molecular flexibility index (Phi) is 6.39. The topological polar surface area (TPSA) is 70.7 Å². The van der Waals surface area contributed by atoms with Crippen LogP contribution in [0.15, 0.2) is 67.1 Å². The Morgan fingerprint density at radius 2 is 1.76 bits per heavy atom. The van der Waals surface area contributed by atoms with Crippen LogP contribution >= 0.6 is 11.6 Å². The van der Waals surface area contributed by atoms with E-state index in [2.05, 4.69) is 31.4 Å². The molecule has 0 radical (unpaired) electrons. The first-order valence-electron chi connectivity index (χ1n) is 11.1. The SMILES string of the molecule is O=C(CN1CCN(Cc2cn3ccccc3n2)CC1)Nc1ccnn1Cc1ccccc1Cl. The van der Waals surface area contributed by atoms with Gasteiger partial charge in [0.15, 0.2) is 0 Å². The number of aromatic nitrogens is 4. The van der Waals surface area contributed by atoms with Crippen molar-refractivity contribution in [1.29, 1.82) is 0 Å². The minimum absolute atomic E-state index is 0.0373. The molecule has 3 aromatic heterocycles. The molecule has 8 nitrogen and oxygen atoms in total. The number of piperazine rings is 1. The molecular formula is C24H26ClN7O. The molecule has 0 atom stereocenters. The van der Waals surface area contributed by atoms with E-state index in [1.54, 1.807) is 10.9 Å². The fourth-order valence-electron chi connectivity index (χ4n) is 4.14. The van der Waals surface area contributed by atoms with Gasteiger partial charge in [0.05, 0.1) is 25.0 Å². The number of carbonyl (C=O) groups is 1. The molecule has 0 unspecified atom stereocenters. The van der Waals surface area contributed by atoms with Crippen LogP contribution < -0.4 is 5.32 Å². The molecule has 1 saturated heterocycles. The Hall–Kier alpha value is -3.20. The van der Waals surface area contributed by atoms with Crippen LogP contribution in [-0.4, -0.2) is 67.6 Å². The van der Waals surface area contributed by atoms with Gasteiger partial charge in [0.1, 0.15) is 11.5 Å². The Bertz CT molecular complexity index is 1210. The van der Waals surface area contributed by atoms with Gasteiger partial charge in [0.2, 0.25) is 5.91 Å². The fraction of sp³-hybridized carbons (Fsp3) is 0.292. The number of hydrogen-bond donors (Lipinski definition) is 1. The lowest BCUT2D eigenvalue weighted by atomic mass is 10.2. The molecule has 1 amide bonds. The van der Waals surface area contributed by atoms with Crippen LogP contribution in [0.3, 0.4) is 0 Å². The van der Waals surface area contributed by atoms with Gasteiger partial charge < -0.3 is 9.72 Å². The van der Waals surface area contributed by atoms with Gasteiger partial charge in [-0.2, -0.15) is 5.10 Å². The molecule has 4 aromatic rings. The molecule has 0 aliphatic carbocycles. The quantitative estimate of drug-likeness (QED) is 0.456. The molecule has 1 N–H and O–H groups in total.